The number of hydrogen-bond donors (Lipinski definition) is 1. The quantitative estimate of drug-likeness (QED) is 0.794. The Morgan fingerprint density at radius 2 is 1.96 bits per heavy atom. The van der Waals surface area contributed by atoms with Crippen molar-refractivity contribution in [2.24, 2.45) is 11.1 Å². The SMILES string of the molecule is CC1(CN)CCN(C(=O)CN(Cc2cccnc2)c2ccccc2)C1.Cl.Cl. The Balaban J connectivity index is 0.00000182. The lowest BCUT2D eigenvalue weighted by Crippen LogP contribution is -2.41. The first-order valence-corrected chi connectivity index (χ1v) is 8.76. The van der Waals surface area contributed by atoms with Crippen LogP contribution in [0.15, 0.2) is 54.9 Å². The van der Waals surface area contributed by atoms with E-state index in [0.29, 0.717) is 19.6 Å². The first kappa shape index (κ1) is 23.2. The minimum atomic E-state index is 0. The third kappa shape index (κ3) is 6.09. The van der Waals surface area contributed by atoms with Crippen molar-refractivity contribution in [2.45, 2.75) is 19.9 Å². The lowest BCUT2D eigenvalue weighted by atomic mass is 9.90. The normalized spacial score (nSPS) is 18.4. The van der Waals surface area contributed by atoms with Gasteiger partial charge in [0.25, 0.3) is 0 Å². The van der Waals surface area contributed by atoms with Gasteiger partial charge in [0.05, 0.1) is 6.54 Å². The molecule has 0 spiro atoms. The molecule has 1 fully saturated rings. The molecule has 3 rings (SSSR count). The van der Waals surface area contributed by atoms with Crippen molar-refractivity contribution >= 4 is 36.4 Å². The number of nitrogens with two attached hydrogens (primary N) is 1. The number of hydrogen-bond acceptors (Lipinski definition) is 4. The number of carbonyl (C=O) groups excluding carboxylic acids is 1. The van der Waals surface area contributed by atoms with E-state index in [4.69, 9.17) is 5.73 Å². The van der Waals surface area contributed by atoms with Crippen LogP contribution >= 0.6 is 24.8 Å². The molecule has 1 aliphatic heterocycles. The van der Waals surface area contributed by atoms with Crippen LogP contribution in [0.4, 0.5) is 5.69 Å². The van der Waals surface area contributed by atoms with Gasteiger partial charge in [-0.15, -0.1) is 24.8 Å². The number of pyridine rings is 1. The summed E-state index contributed by atoms with van der Waals surface area (Å²) < 4.78 is 0. The van der Waals surface area contributed by atoms with Crippen molar-refractivity contribution in [3.05, 3.63) is 60.4 Å². The van der Waals surface area contributed by atoms with Gasteiger partial charge in [0.2, 0.25) is 5.91 Å². The van der Waals surface area contributed by atoms with Gasteiger partial charge in [-0.05, 0) is 42.1 Å². The van der Waals surface area contributed by atoms with E-state index in [1.54, 1.807) is 6.20 Å². The summed E-state index contributed by atoms with van der Waals surface area (Å²) in [7, 11) is 0. The van der Waals surface area contributed by atoms with Crippen LogP contribution in [0.3, 0.4) is 0 Å². The van der Waals surface area contributed by atoms with Gasteiger partial charge in [0.1, 0.15) is 0 Å². The maximum absolute atomic E-state index is 12.9. The monoisotopic (exact) mass is 410 g/mol. The standard InChI is InChI=1S/C20H26N4O.2ClH/c1-20(15-21)9-11-23(16-20)19(25)14-24(18-7-3-2-4-8-18)13-17-6-5-10-22-12-17;;/h2-8,10,12H,9,11,13-16,21H2,1H3;2*1H. The van der Waals surface area contributed by atoms with E-state index in [-0.39, 0.29) is 36.1 Å². The van der Waals surface area contributed by atoms with E-state index >= 15 is 0 Å². The lowest BCUT2D eigenvalue weighted by Gasteiger charge is -2.28. The topological polar surface area (TPSA) is 62.5 Å². The zero-order valence-electron chi connectivity index (χ0n) is 15.6. The third-order valence-electron chi connectivity index (χ3n) is 4.95. The first-order chi connectivity index (χ1) is 12.1. The second-order valence-corrected chi connectivity index (χ2v) is 7.13. The van der Waals surface area contributed by atoms with Crippen LogP contribution in [0.5, 0.6) is 0 Å². The van der Waals surface area contributed by atoms with E-state index in [2.05, 4.69) is 16.8 Å². The summed E-state index contributed by atoms with van der Waals surface area (Å²) in [6.07, 6.45) is 4.59. The van der Waals surface area contributed by atoms with Crippen LogP contribution in [0.25, 0.3) is 0 Å². The Kier molecular flexibility index (Phi) is 9.03. The molecule has 2 heterocycles. The number of aromatic nitrogens is 1. The second kappa shape index (κ2) is 10.5. The summed E-state index contributed by atoms with van der Waals surface area (Å²) in [5.41, 5.74) is 8.05. The van der Waals surface area contributed by atoms with E-state index in [0.717, 1.165) is 30.8 Å². The number of halogens is 2. The number of anilines is 1. The minimum Gasteiger partial charge on any atom is -0.358 e. The van der Waals surface area contributed by atoms with Gasteiger partial charge >= 0.3 is 0 Å². The van der Waals surface area contributed by atoms with E-state index in [1.807, 2.05) is 53.6 Å². The zero-order chi connectivity index (χ0) is 17.7. The molecule has 0 bridgehead atoms. The summed E-state index contributed by atoms with van der Waals surface area (Å²) in [5.74, 6) is 0.157. The van der Waals surface area contributed by atoms with Gasteiger partial charge in [0, 0.05) is 37.7 Å². The average molecular weight is 411 g/mol. The number of carbonyl (C=O) groups is 1. The largest absolute Gasteiger partial charge is 0.358 e. The Bertz CT molecular complexity index is 702. The van der Waals surface area contributed by atoms with Crippen LogP contribution in [0, 0.1) is 5.41 Å². The van der Waals surface area contributed by atoms with Gasteiger partial charge < -0.3 is 15.5 Å². The summed E-state index contributed by atoms with van der Waals surface area (Å²) >= 11 is 0. The molecule has 1 atom stereocenters. The molecule has 2 N–H and O–H groups in total. The summed E-state index contributed by atoms with van der Waals surface area (Å²) in [6.45, 7) is 5.34. The fourth-order valence-corrected chi connectivity index (χ4v) is 3.26. The van der Waals surface area contributed by atoms with Crippen LogP contribution in [0.2, 0.25) is 0 Å². The Labute approximate surface area is 173 Å². The van der Waals surface area contributed by atoms with Crippen molar-refractivity contribution in [3.63, 3.8) is 0 Å². The Morgan fingerprint density at radius 3 is 2.56 bits per heavy atom. The predicted octanol–water partition coefficient (Wildman–Crippen LogP) is 3.13. The highest BCUT2D eigenvalue weighted by atomic mass is 35.5. The van der Waals surface area contributed by atoms with Gasteiger partial charge in [-0.25, -0.2) is 0 Å². The minimum absolute atomic E-state index is 0. The number of para-hydroxylation sites is 1. The van der Waals surface area contributed by atoms with Crippen molar-refractivity contribution in [1.82, 2.24) is 9.88 Å². The van der Waals surface area contributed by atoms with Crippen LogP contribution < -0.4 is 10.6 Å². The fourth-order valence-electron chi connectivity index (χ4n) is 3.26. The summed E-state index contributed by atoms with van der Waals surface area (Å²) in [6, 6.07) is 14.0. The molecule has 1 aromatic heterocycles. The van der Waals surface area contributed by atoms with Gasteiger partial charge in [-0.1, -0.05) is 31.2 Å². The molecule has 1 unspecified atom stereocenters. The molecule has 7 heteroatoms. The van der Waals surface area contributed by atoms with Gasteiger partial charge in [-0.3, -0.25) is 9.78 Å². The van der Waals surface area contributed by atoms with Crippen molar-refractivity contribution in [1.29, 1.82) is 0 Å². The lowest BCUT2D eigenvalue weighted by molar-refractivity contribution is -0.129. The number of amides is 1. The number of rotatable bonds is 6. The molecular formula is C20H28Cl2N4O. The molecule has 0 radical (unpaired) electrons. The Hall–Kier alpha value is -1.82. The van der Waals surface area contributed by atoms with Crippen molar-refractivity contribution in [3.8, 4) is 0 Å². The maximum Gasteiger partial charge on any atom is 0.242 e. The van der Waals surface area contributed by atoms with Crippen LogP contribution in [0.1, 0.15) is 18.9 Å². The predicted molar refractivity (Wildman–Crippen MR) is 115 cm³/mol. The highest BCUT2D eigenvalue weighted by Gasteiger charge is 2.35. The van der Waals surface area contributed by atoms with Crippen molar-refractivity contribution < 1.29 is 4.79 Å². The van der Waals surface area contributed by atoms with Crippen LogP contribution in [-0.2, 0) is 11.3 Å². The molecule has 1 saturated heterocycles. The van der Waals surface area contributed by atoms with Crippen molar-refractivity contribution in [2.75, 3.05) is 31.1 Å². The molecule has 0 saturated carbocycles. The van der Waals surface area contributed by atoms with Gasteiger partial charge in [-0.2, -0.15) is 0 Å². The zero-order valence-corrected chi connectivity index (χ0v) is 17.2. The molecule has 2 aromatic rings. The smallest absolute Gasteiger partial charge is 0.242 e. The molecule has 5 nitrogen and oxygen atoms in total. The number of likely N-dealkylation sites (tertiary alicyclic amines) is 1. The molecule has 1 aliphatic rings. The third-order valence-corrected chi connectivity index (χ3v) is 4.95. The van der Waals surface area contributed by atoms with E-state index in [1.165, 1.54) is 0 Å². The number of benzene rings is 1. The molecule has 27 heavy (non-hydrogen) atoms. The fraction of sp³-hybridized carbons (Fsp3) is 0.400. The summed E-state index contributed by atoms with van der Waals surface area (Å²) in [5, 5.41) is 0. The number of nitrogens with zero attached hydrogens (tertiary/aromatic N) is 3. The molecule has 1 amide bonds. The molecular weight excluding hydrogens is 383 g/mol. The maximum atomic E-state index is 12.9. The molecule has 0 aliphatic carbocycles. The average Bonchev–Trinajstić information content (AvgIpc) is 3.06. The first-order valence-electron chi connectivity index (χ1n) is 8.76. The second-order valence-electron chi connectivity index (χ2n) is 7.13. The van der Waals surface area contributed by atoms with E-state index < -0.39 is 0 Å². The highest BCUT2D eigenvalue weighted by Crippen LogP contribution is 2.28. The highest BCUT2D eigenvalue weighted by molar-refractivity contribution is 5.85. The van der Waals surface area contributed by atoms with Crippen LogP contribution in [-0.4, -0.2) is 42.0 Å². The van der Waals surface area contributed by atoms with E-state index in [9.17, 15) is 4.79 Å². The Morgan fingerprint density at radius 1 is 1.22 bits per heavy atom. The molecule has 148 valence electrons. The van der Waals surface area contributed by atoms with Gasteiger partial charge in [0.15, 0.2) is 0 Å². The summed E-state index contributed by atoms with van der Waals surface area (Å²) in [4.78, 5) is 21.1. The molecule has 1 aromatic carbocycles.